The molecule has 4 heteroatoms. The van der Waals surface area contributed by atoms with E-state index in [2.05, 4.69) is 43.1 Å². The monoisotopic (exact) mass is 259 g/mol. The number of amides is 1. The highest BCUT2D eigenvalue weighted by Crippen LogP contribution is 2.39. The number of rotatable bonds is 1. The average molecular weight is 259 g/mol. The molecule has 1 fully saturated rings. The van der Waals surface area contributed by atoms with Crippen LogP contribution in [0.4, 0.5) is 11.4 Å². The number of nitrogens with one attached hydrogen (secondary N) is 1. The van der Waals surface area contributed by atoms with Crippen LogP contribution in [0.5, 0.6) is 0 Å². The molecule has 0 aliphatic carbocycles. The fourth-order valence-corrected chi connectivity index (χ4v) is 3.22. The first-order valence-corrected chi connectivity index (χ1v) is 7.01. The molecule has 1 amide bonds. The Bertz CT molecular complexity index is 526. The number of benzene rings is 1. The van der Waals surface area contributed by atoms with Crippen molar-refractivity contribution in [3.63, 3.8) is 0 Å². The Morgan fingerprint density at radius 3 is 2.89 bits per heavy atom. The molecule has 2 heterocycles. The molecule has 0 radical (unpaired) electrons. The van der Waals surface area contributed by atoms with Crippen molar-refractivity contribution in [2.24, 2.45) is 0 Å². The first-order valence-electron chi connectivity index (χ1n) is 7.01. The van der Waals surface area contributed by atoms with E-state index in [1.165, 1.54) is 16.8 Å². The third-order valence-electron chi connectivity index (χ3n) is 4.36. The lowest BCUT2D eigenvalue weighted by Crippen LogP contribution is -2.61. The third-order valence-corrected chi connectivity index (χ3v) is 4.36. The molecule has 1 atom stereocenters. The predicted molar refractivity (Wildman–Crippen MR) is 77.9 cm³/mol. The number of nitrogens with zero attached hydrogens (tertiary/aromatic N) is 2. The third kappa shape index (κ3) is 1.82. The summed E-state index contributed by atoms with van der Waals surface area (Å²) in [4.78, 5) is 16.6. The second kappa shape index (κ2) is 4.53. The lowest BCUT2D eigenvalue weighted by molar-refractivity contribution is -0.119. The molecule has 0 saturated carbocycles. The minimum atomic E-state index is 0.191. The van der Waals surface area contributed by atoms with Crippen molar-refractivity contribution in [2.45, 2.75) is 26.8 Å². The molecule has 0 spiro atoms. The van der Waals surface area contributed by atoms with Crippen LogP contribution in [0.15, 0.2) is 12.1 Å². The summed E-state index contributed by atoms with van der Waals surface area (Å²) < 4.78 is 0. The van der Waals surface area contributed by atoms with Gasteiger partial charge in [-0.05, 0) is 38.0 Å². The van der Waals surface area contributed by atoms with Crippen molar-refractivity contribution in [1.29, 1.82) is 0 Å². The minimum absolute atomic E-state index is 0.191. The van der Waals surface area contributed by atoms with Crippen LogP contribution < -0.4 is 15.1 Å². The molecule has 1 aromatic rings. The molecule has 2 aliphatic heterocycles. The fraction of sp³-hybridized carbons (Fsp3) is 0.533. The van der Waals surface area contributed by atoms with Crippen molar-refractivity contribution >= 4 is 17.3 Å². The number of carbonyl (C=O) groups excluding carboxylic acids is 1. The Balaban J connectivity index is 2.16. The summed E-state index contributed by atoms with van der Waals surface area (Å²) in [5.41, 5.74) is 4.92. The predicted octanol–water partition coefficient (Wildman–Crippen LogP) is 1.45. The van der Waals surface area contributed by atoms with Crippen LogP contribution in [0.25, 0.3) is 0 Å². The van der Waals surface area contributed by atoms with Crippen molar-refractivity contribution in [2.75, 3.05) is 36.0 Å². The largest absolute Gasteiger partial charge is 0.368 e. The zero-order valence-corrected chi connectivity index (χ0v) is 11.9. The summed E-state index contributed by atoms with van der Waals surface area (Å²) in [6, 6.07) is 4.49. The van der Waals surface area contributed by atoms with E-state index in [1.54, 1.807) is 0 Å². The first-order chi connectivity index (χ1) is 9.13. The molecule has 1 saturated heterocycles. The van der Waals surface area contributed by atoms with Crippen LogP contribution >= 0.6 is 0 Å². The van der Waals surface area contributed by atoms with Gasteiger partial charge in [-0.3, -0.25) is 4.79 Å². The summed E-state index contributed by atoms with van der Waals surface area (Å²) in [6.45, 7) is 9.71. The molecule has 3 rings (SSSR count). The van der Waals surface area contributed by atoms with Gasteiger partial charge in [-0.2, -0.15) is 0 Å². The normalized spacial score (nSPS) is 22.3. The maximum Gasteiger partial charge on any atom is 0.241 e. The molecule has 0 aromatic heterocycles. The Morgan fingerprint density at radius 2 is 2.16 bits per heavy atom. The molecule has 102 valence electrons. The Labute approximate surface area is 114 Å². The van der Waals surface area contributed by atoms with E-state index < -0.39 is 0 Å². The lowest BCUT2D eigenvalue weighted by Gasteiger charge is -2.46. The summed E-state index contributed by atoms with van der Waals surface area (Å²) in [5, 5.41) is 3.22. The SMILES string of the molecule is CCN1CC2CNCC(=O)N2c2ccc(C)c(C)c21. The van der Waals surface area contributed by atoms with Crippen LogP contribution in [0, 0.1) is 13.8 Å². The van der Waals surface area contributed by atoms with Crippen LogP contribution in [0.2, 0.25) is 0 Å². The summed E-state index contributed by atoms with van der Waals surface area (Å²) in [7, 11) is 0. The Morgan fingerprint density at radius 1 is 1.37 bits per heavy atom. The van der Waals surface area contributed by atoms with Gasteiger partial charge in [0, 0.05) is 19.6 Å². The van der Waals surface area contributed by atoms with Gasteiger partial charge in [0.15, 0.2) is 0 Å². The Hall–Kier alpha value is -1.55. The number of anilines is 2. The van der Waals surface area contributed by atoms with E-state index in [0.717, 1.165) is 25.3 Å². The number of aryl methyl sites for hydroxylation is 1. The van der Waals surface area contributed by atoms with Gasteiger partial charge in [0.1, 0.15) is 0 Å². The molecular weight excluding hydrogens is 238 g/mol. The molecular formula is C15H21N3O. The maximum atomic E-state index is 12.2. The van der Waals surface area contributed by atoms with Gasteiger partial charge in [-0.1, -0.05) is 6.07 Å². The van der Waals surface area contributed by atoms with Crippen LogP contribution in [0.1, 0.15) is 18.1 Å². The van der Waals surface area contributed by atoms with Gasteiger partial charge >= 0.3 is 0 Å². The van der Waals surface area contributed by atoms with Gasteiger partial charge in [0.05, 0.1) is 24.0 Å². The lowest BCUT2D eigenvalue weighted by atomic mass is 9.98. The van der Waals surface area contributed by atoms with Crippen molar-refractivity contribution < 1.29 is 4.79 Å². The zero-order chi connectivity index (χ0) is 13.6. The molecule has 1 N–H and O–H groups in total. The average Bonchev–Trinajstić information content (AvgIpc) is 2.41. The molecule has 2 aliphatic rings. The second-order valence-corrected chi connectivity index (χ2v) is 5.46. The minimum Gasteiger partial charge on any atom is -0.368 e. The van der Waals surface area contributed by atoms with Gasteiger partial charge in [0.25, 0.3) is 0 Å². The van der Waals surface area contributed by atoms with Gasteiger partial charge in [-0.25, -0.2) is 0 Å². The molecule has 4 nitrogen and oxygen atoms in total. The second-order valence-electron chi connectivity index (χ2n) is 5.46. The summed E-state index contributed by atoms with van der Waals surface area (Å²) in [6.07, 6.45) is 0. The van der Waals surface area contributed by atoms with E-state index in [1.807, 2.05) is 4.90 Å². The van der Waals surface area contributed by atoms with Crippen molar-refractivity contribution in [3.05, 3.63) is 23.3 Å². The highest BCUT2D eigenvalue weighted by atomic mass is 16.2. The highest BCUT2D eigenvalue weighted by molar-refractivity contribution is 6.01. The van der Waals surface area contributed by atoms with E-state index in [4.69, 9.17) is 0 Å². The van der Waals surface area contributed by atoms with E-state index >= 15 is 0 Å². The Kier molecular flexibility index (Phi) is 2.97. The van der Waals surface area contributed by atoms with E-state index in [-0.39, 0.29) is 11.9 Å². The number of hydrogen-bond donors (Lipinski definition) is 1. The van der Waals surface area contributed by atoms with E-state index in [0.29, 0.717) is 6.54 Å². The number of piperazine rings is 1. The van der Waals surface area contributed by atoms with Crippen LogP contribution in [-0.4, -0.2) is 38.1 Å². The smallest absolute Gasteiger partial charge is 0.241 e. The van der Waals surface area contributed by atoms with Crippen molar-refractivity contribution in [3.8, 4) is 0 Å². The number of carbonyl (C=O) groups is 1. The number of likely N-dealkylation sites (N-methyl/N-ethyl adjacent to an activating group) is 1. The standard InChI is InChI=1S/C15H21N3O/c1-4-17-9-12-7-16-8-14(19)18(12)13-6-5-10(2)11(3)15(13)17/h5-6,12,16H,4,7-9H2,1-3H3. The summed E-state index contributed by atoms with van der Waals surface area (Å²) >= 11 is 0. The van der Waals surface area contributed by atoms with Crippen molar-refractivity contribution in [1.82, 2.24) is 5.32 Å². The molecule has 1 aromatic carbocycles. The summed E-state index contributed by atoms with van der Waals surface area (Å²) in [5.74, 6) is 0.191. The highest BCUT2D eigenvalue weighted by Gasteiger charge is 2.37. The van der Waals surface area contributed by atoms with Crippen LogP contribution in [-0.2, 0) is 4.79 Å². The zero-order valence-electron chi connectivity index (χ0n) is 11.9. The quantitative estimate of drug-likeness (QED) is 0.829. The van der Waals surface area contributed by atoms with Gasteiger partial charge in [0.2, 0.25) is 5.91 Å². The molecule has 0 bridgehead atoms. The number of hydrogen-bond acceptors (Lipinski definition) is 3. The topological polar surface area (TPSA) is 35.6 Å². The van der Waals surface area contributed by atoms with E-state index in [9.17, 15) is 4.79 Å². The fourth-order valence-electron chi connectivity index (χ4n) is 3.22. The first kappa shape index (κ1) is 12.5. The van der Waals surface area contributed by atoms with Gasteiger partial charge in [-0.15, -0.1) is 0 Å². The molecule has 19 heavy (non-hydrogen) atoms. The number of fused-ring (bicyclic) bond motifs is 3. The van der Waals surface area contributed by atoms with Crippen LogP contribution in [0.3, 0.4) is 0 Å². The molecule has 1 unspecified atom stereocenters. The van der Waals surface area contributed by atoms with Gasteiger partial charge < -0.3 is 15.1 Å². The maximum absolute atomic E-state index is 12.2.